The predicted octanol–water partition coefficient (Wildman–Crippen LogP) is 4.18. The first-order valence-corrected chi connectivity index (χ1v) is 20.6. The molecule has 0 unspecified atom stereocenters. The van der Waals surface area contributed by atoms with Crippen molar-refractivity contribution >= 4 is 0 Å². The molecule has 3 heterocycles. The van der Waals surface area contributed by atoms with Gasteiger partial charge in [0.15, 0.2) is 0 Å². The van der Waals surface area contributed by atoms with Crippen molar-refractivity contribution in [2.24, 2.45) is 11.8 Å². The molecule has 3 saturated heterocycles. The highest BCUT2D eigenvalue weighted by Crippen LogP contribution is 2.43. The molecule has 8 nitrogen and oxygen atoms in total. The van der Waals surface area contributed by atoms with Crippen molar-refractivity contribution in [3.05, 3.63) is 95.1 Å². The first-order chi connectivity index (χ1) is 25.8. The fraction of sp³-hybridized carbons (Fsp3) is 0.600. The highest BCUT2D eigenvalue weighted by molar-refractivity contribution is 5.36. The zero-order valence-corrected chi connectivity index (χ0v) is 34.0. The van der Waals surface area contributed by atoms with Crippen LogP contribution in [0, 0.1) is 11.8 Å². The topological polar surface area (TPSA) is 111 Å². The van der Waals surface area contributed by atoms with Crippen LogP contribution >= 0.6 is 0 Å². The molecule has 4 fully saturated rings. The third-order valence-corrected chi connectivity index (χ3v) is 12.7. The van der Waals surface area contributed by atoms with Crippen molar-refractivity contribution in [3.8, 4) is 11.5 Å². The van der Waals surface area contributed by atoms with Crippen LogP contribution in [-0.4, -0.2) is 83.0 Å². The summed E-state index contributed by atoms with van der Waals surface area (Å²) in [5.74, 6) is 1.87. The summed E-state index contributed by atoms with van der Waals surface area (Å²) in [7, 11) is 0. The van der Waals surface area contributed by atoms with Crippen LogP contribution in [0.2, 0.25) is 0 Å². The molecule has 54 heavy (non-hydrogen) atoms. The Labute approximate surface area is 334 Å². The van der Waals surface area contributed by atoms with Crippen LogP contribution in [0.5, 0.6) is 11.5 Å². The Morgan fingerprint density at radius 1 is 0.889 bits per heavy atom. The summed E-state index contributed by atoms with van der Waals surface area (Å²) < 4.78 is 14.0. The molecule has 3 aliphatic heterocycles. The van der Waals surface area contributed by atoms with E-state index in [1.807, 2.05) is 30.3 Å². The number of phenols is 1. The number of nitrogens with zero attached hydrogens (tertiary/aromatic N) is 1. The summed E-state index contributed by atoms with van der Waals surface area (Å²) in [6.07, 6.45) is 13.5. The fourth-order valence-corrected chi connectivity index (χ4v) is 9.31. The van der Waals surface area contributed by atoms with Crippen molar-refractivity contribution < 1.29 is 51.4 Å². The van der Waals surface area contributed by atoms with Crippen LogP contribution in [0.1, 0.15) is 106 Å². The fourth-order valence-electron chi connectivity index (χ4n) is 9.31. The van der Waals surface area contributed by atoms with Crippen LogP contribution in [0.4, 0.5) is 0 Å². The number of nitrogens with one attached hydrogen (secondary N) is 1. The highest BCUT2D eigenvalue weighted by Gasteiger charge is 2.48. The van der Waals surface area contributed by atoms with Gasteiger partial charge in [0.2, 0.25) is 0 Å². The number of rotatable bonds is 21. The second-order valence-electron chi connectivity index (χ2n) is 16.5. The van der Waals surface area contributed by atoms with Gasteiger partial charge in [-0.3, -0.25) is 0 Å². The molecule has 298 valence electrons. The van der Waals surface area contributed by atoms with Gasteiger partial charge < -0.3 is 56.7 Å². The SMILES string of the molecule is C[C@@H](Cc1ccc(OCCCCCCC[N+]23CCC(CC2)[C@@H](OC[C@@](O)(c2ccccc2)C2CCCC2)C3)cc1)NC[C@H](O)c1ccc(O)c(CO)c1.[Br-]. The van der Waals surface area contributed by atoms with Gasteiger partial charge in [-0.2, -0.15) is 0 Å². The smallest absolute Gasteiger partial charge is 0.121 e. The molecular formula is C45H65BrN2O6. The lowest BCUT2D eigenvalue weighted by Crippen LogP contribution is -3.00. The van der Waals surface area contributed by atoms with Crippen molar-refractivity contribution in [3.63, 3.8) is 0 Å². The molecule has 0 aromatic heterocycles. The number of unbranched alkanes of at least 4 members (excludes halogenated alkanes) is 4. The van der Waals surface area contributed by atoms with E-state index in [1.165, 1.54) is 87.1 Å². The lowest BCUT2D eigenvalue weighted by molar-refractivity contribution is -0.946. The van der Waals surface area contributed by atoms with E-state index < -0.39 is 11.7 Å². The average Bonchev–Trinajstić information content (AvgIpc) is 3.75. The molecule has 1 saturated carbocycles. The minimum atomic E-state index is -0.880. The Morgan fingerprint density at radius 2 is 1.59 bits per heavy atom. The quantitative estimate of drug-likeness (QED) is 0.0813. The van der Waals surface area contributed by atoms with E-state index in [2.05, 4.69) is 36.5 Å². The monoisotopic (exact) mass is 808 g/mol. The number of hydrogen-bond donors (Lipinski definition) is 5. The Hall–Kier alpha value is -2.50. The summed E-state index contributed by atoms with van der Waals surface area (Å²) in [6.45, 7) is 8.32. The first-order valence-electron chi connectivity index (χ1n) is 20.6. The van der Waals surface area contributed by atoms with Crippen molar-refractivity contribution in [1.29, 1.82) is 0 Å². The van der Waals surface area contributed by atoms with Gasteiger partial charge in [-0.25, -0.2) is 0 Å². The van der Waals surface area contributed by atoms with Crippen molar-refractivity contribution in [2.45, 2.75) is 114 Å². The maximum absolute atomic E-state index is 12.0. The molecule has 0 radical (unpaired) electrons. The van der Waals surface area contributed by atoms with Crippen LogP contribution in [0.25, 0.3) is 0 Å². The van der Waals surface area contributed by atoms with E-state index in [4.69, 9.17) is 9.47 Å². The number of halogens is 1. The van der Waals surface area contributed by atoms with Gasteiger partial charge in [0, 0.05) is 36.9 Å². The van der Waals surface area contributed by atoms with E-state index in [-0.39, 0.29) is 41.5 Å². The zero-order valence-electron chi connectivity index (χ0n) is 32.4. The summed E-state index contributed by atoms with van der Waals surface area (Å²) in [4.78, 5) is 0. The van der Waals surface area contributed by atoms with Gasteiger partial charge in [0.25, 0.3) is 0 Å². The number of ether oxygens (including phenoxy) is 2. The van der Waals surface area contributed by atoms with E-state index in [1.54, 1.807) is 12.1 Å². The summed E-state index contributed by atoms with van der Waals surface area (Å²) in [6, 6.07) is 23.6. The van der Waals surface area contributed by atoms with Gasteiger partial charge in [0.1, 0.15) is 29.7 Å². The number of quaternary nitrogens is 1. The van der Waals surface area contributed by atoms with Crippen LogP contribution in [-0.2, 0) is 23.4 Å². The lowest BCUT2D eigenvalue weighted by Gasteiger charge is -2.53. The van der Waals surface area contributed by atoms with Gasteiger partial charge in [-0.15, -0.1) is 0 Å². The Morgan fingerprint density at radius 3 is 2.31 bits per heavy atom. The van der Waals surface area contributed by atoms with Gasteiger partial charge in [-0.1, -0.05) is 74.2 Å². The number of aromatic hydroxyl groups is 1. The van der Waals surface area contributed by atoms with E-state index in [9.17, 15) is 20.4 Å². The Kier molecular flexibility index (Phi) is 16.3. The van der Waals surface area contributed by atoms with E-state index >= 15 is 0 Å². The van der Waals surface area contributed by atoms with E-state index in [0.29, 0.717) is 36.1 Å². The van der Waals surface area contributed by atoms with Crippen molar-refractivity contribution in [2.75, 3.05) is 45.9 Å². The zero-order chi connectivity index (χ0) is 37.1. The second kappa shape index (κ2) is 20.6. The predicted molar refractivity (Wildman–Crippen MR) is 210 cm³/mol. The van der Waals surface area contributed by atoms with Crippen molar-refractivity contribution in [1.82, 2.24) is 5.32 Å². The molecule has 0 spiro atoms. The largest absolute Gasteiger partial charge is 1.00 e. The molecule has 3 aromatic rings. The summed E-state index contributed by atoms with van der Waals surface area (Å²) in [5.41, 5.74) is 2.44. The molecule has 7 rings (SSSR count). The number of hydrogen-bond acceptors (Lipinski definition) is 7. The Balaban J connectivity index is 0.00000561. The number of aliphatic hydroxyl groups is 3. The minimum absolute atomic E-state index is 0. The molecule has 0 amide bonds. The maximum Gasteiger partial charge on any atom is 0.121 e. The number of benzene rings is 3. The number of aliphatic hydroxyl groups excluding tert-OH is 2. The molecule has 1 aliphatic carbocycles. The maximum atomic E-state index is 12.0. The standard InChI is InChI=1S/C45H64N2O6.BrH/c1-34(46-30-43(50)37-18-21-42(49)38(29-37)32-48)28-35-16-19-41(20-17-35)52-27-11-4-2-3-10-24-47-25-22-36(23-26-47)44(31-47)53-33-45(51,40-14-8-9-15-40)39-12-6-5-7-13-39;/h5-7,12-13,16-21,29,34,36,40,43-44,46,48,50-51H,2-4,8-11,14-15,22-28,30-33H2,1H3;1H/t34-,36?,43-,44-,45+,47?;/m0./s1. The summed E-state index contributed by atoms with van der Waals surface area (Å²) >= 11 is 0. The van der Waals surface area contributed by atoms with Gasteiger partial charge in [0.05, 0.1) is 45.6 Å². The highest BCUT2D eigenvalue weighted by atomic mass is 79.9. The molecular weight excluding hydrogens is 744 g/mol. The second-order valence-corrected chi connectivity index (χ2v) is 16.5. The van der Waals surface area contributed by atoms with Crippen LogP contribution in [0.15, 0.2) is 72.8 Å². The summed E-state index contributed by atoms with van der Waals surface area (Å²) in [5, 5.41) is 45.1. The molecule has 4 atom stereocenters. The number of piperidine rings is 3. The van der Waals surface area contributed by atoms with Gasteiger partial charge in [-0.05, 0) is 92.3 Å². The van der Waals surface area contributed by atoms with Crippen LogP contribution in [0.3, 0.4) is 0 Å². The number of fused-ring (bicyclic) bond motifs is 3. The molecule has 3 aromatic carbocycles. The first kappa shape index (κ1) is 42.6. The molecule has 5 N–H and O–H groups in total. The van der Waals surface area contributed by atoms with Gasteiger partial charge >= 0.3 is 0 Å². The van der Waals surface area contributed by atoms with E-state index in [0.717, 1.165) is 50.1 Å². The molecule has 9 heteroatoms. The molecule has 4 aliphatic rings. The van der Waals surface area contributed by atoms with Crippen LogP contribution < -0.4 is 27.0 Å². The lowest BCUT2D eigenvalue weighted by atomic mass is 9.80. The average molecular weight is 810 g/mol. The molecule has 2 bridgehead atoms. The third-order valence-electron chi connectivity index (χ3n) is 12.7. The normalized spacial score (nSPS) is 23.4. The third kappa shape index (κ3) is 11.3. The Bertz CT molecular complexity index is 1530. The minimum Gasteiger partial charge on any atom is -1.00 e.